The first kappa shape index (κ1) is 48.3. The summed E-state index contributed by atoms with van der Waals surface area (Å²) in [6, 6.07) is 61.8. The molecule has 0 unspecified atom stereocenters. The lowest BCUT2D eigenvalue weighted by Crippen LogP contribution is -2.62. The number of hydrogen-bond donors (Lipinski definition) is 0. The third-order valence-corrected chi connectivity index (χ3v) is 15.4. The number of anilines is 9. The van der Waals surface area contributed by atoms with Crippen molar-refractivity contribution in [2.45, 2.75) is 131 Å². The summed E-state index contributed by atoms with van der Waals surface area (Å²) in [5, 5.41) is 2.24. The third kappa shape index (κ3) is 7.88. The van der Waals surface area contributed by atoms with Crippen LogP contribution < -0.4 is 31.1 Å². The Morgan fingerprint density at radius 1 is 0.356 bits per heavy atom. The van der Waals surface area contributed by atoms with Crippen molar-refractivity contribution < 1.29 is 4.42 Å². The molecule has 0 N–H and O–H groups in total. The summed E-state index contributed by atoms with van der Waals surface area (Å²) < 4.78 is 7.29. The molecule has 9 aromatic rings. The van der Waals surface area contributed by atoms with Crippen molar-refractivity contribution in [1.29, 1.82) is 0 Å². The largest absolute Gasteiger partial charge is 0.454 e. The van der Waals surface area contributed by atoms with Crippen LogP contribution in [0, 0.1) is 0 Å². The van der Waals surface area contributed by atoms with Gasteiger partial charge in [-0.15, -0.1) is 0 Å². The van der Waals surface area contributed by atoms with Crippen LogP contribution in [-0.2, 0) is 27.1 Å². The van der Waals surface area contributed by atoms with E-state index < -0.39 is 0 Å². The second-order valence-corrected chi connectivity index (χ2v) is 25.9. The Morgan fingerprint density at radius 2 is 0.753 bits per heavy atom. The molecule has 0 saturated heterocycles. The first-order chi connectivity index (χ1) is 34.4. The molecule has 11 rings (SSSR count). The summed E-state index contributed by atoms with van der Waals surface area (Å²) in [6.07, 6.45) is 0. The lowest BCUT2D eigenvalue weighted by atomic mass is 9.33. The van der Waals surface area contributed by atoms with Gasteiger partial charge in [0.15, 0.2) is 5.58 Å². The predicted octanol–water partition coefficient (Wildman–Crippen LogP) is 17.6. The molecule has 4 nitrogen and oxygen atoms in total. The SMILES string of the molecule is CC(C)(C)c1ccccc1N1c2cc(N(c3ccccc3)c3cccc4c3oc3c(C(C)(C)C)cccc34)cc3c2B(c2cccc(C(C)(C)C)c21)c1cccc(C(C)(C)C)c1N3c1ccccc1C(C)(C)C. The monoisotopic (exact) mass is 958 g/mol. The summed E-state index contributed by atoms with van der Waals surface area (Å²) in [4.78, 5) is 7.80. The lowest BCUT2D eigenvalue weighted by molar-refractivity contribution is 0.573. The van der Waals surface area contributed by atoms with Crippen molar-refractivity contribution in [3.63, 3.8) is 0 Å². The maximum Gasteiger partial charge on any atom is 0.252 e. The van der Waals surface area contributed by atoms with E-state index in [-0.39, 0.29) is 33.8 Å². The normalized spacial score (nSPS) is 13.9. The number of rotatable bonds is 5. The second-order valence-electron chi connectivity index (χ2n) is 25.9. The Hall–Kier alpha value is -6.98. The molecule has 2 aliphatic rings. The maximum absolute atomic E-state index is 7.29. The zero-order valence-corrected chi connectivity index (χ0v) is 45.9. The average Bonchev–Trinajstić information content (AvgIpc) is 3.72. The minimum absolute atomic E-state index is 0.0652. The highest BCUT2D eigenvalue weighted by atomic mass is 16.3. The summed E-state index contributed by atoms with van der Waals surface area (Å²) in [6.45, 7) is 35.1. The molecular formula is C68H72BN3O. The molecule has 3 heterocycles. The van der Waals surface area contributed by atoms with Crippen LogP contribution in [0.1, 0.15) is 132 Å². The van der Waals surface area contributed by atoms with E-state index in [4.69, 9.17) is 4.42 Å². The van der Waals surface area contributed by atoms with E-state index in [1.54, 1.807) is 0 Å². The van der Waals surface area contributed by atoms with Crippen LogP contribution in [0.4, 0.5) is 51.2 Å². The van der Waals surface area contributed by atoms with E-state index in [9.17, 15) is 0 Å². The molecule has 0 saturated carbocycles. The highest BCUT2D eigenvalue weighted by Gasteiger charge is 2.48. The lowest BCUT2D eigenvalue weighted by Gasteiger charge is -2.48. The Morgan fingerprint density at radius 3 is 1.23 bits per heavy atom. The Kier molecular flexibility index (Phi) is 11.1. The van der Waals surface area contributed by atoms with Gasteiger partial charge in [-0.05, 0) is 108 Å². The fourth-order valence-corrected chi connectivity index (χ4v) is 12.1. The van der Waals surface area contributed by atoms with E-state index in [0.717, 1.165) is 39.0 Å². The molecule has 8 aromatic carbocycles. The van der Waals surface area contributed by atoms with Gasteiger partial charge < -0.3 is 19.1 Å². The number of para-hydroxylation sites is 7. The van der Waals surface area contributed by atoms with E-state index in [0.29, 0.717) is 0 Å². The number of hydrogen-bond acceptors (Lipinski definition) is 4. The minimum atomic E-state index is -0.181. The molecule has 0 atom stereocenters. The average molecular weight is 958 g/mol. The molecule has 0 radical (unpaired) electrons. The summed E-state index contributed by atoms with van der Waals surface area (Å²) >= 11 is 0. The third-order valence-electron chi connectivity index (χ3n) is 15.4. The second kappa shape index (κ2) is 16.8. The van der Waals surface area contributed by atoms with Crippen LogP contribution in [0.15, 0.2) is 168 Å². The molecule has 1 aromatic heterocycles. The van der Waals surface area contributed by atoms with E-state index in [2.05, 4.69) is 282 Å². The predicted molar refractivity (Wildman–Crippen MR) is 316 cm³/mol. The molecular weight excluding hydrogens is 886 g/mol. The van der Waals surface area contributed by atoms with E-state index >= 15 is 0 Å². The smallest absolute Gasteiger partial charge is 0.252 e. The van der Waals surface area contributed by atoms with Crippen LogP contribution in [0.5, 0.6) is 0 Å². The number of fused-ring (bicyclic) bond motifs is 7. The minimum Gasteiger partial charge on any atom is -0.454 e. The van der Waals surface area contributed by atoms with E-state index in [1.165, 1.54) is 78.3 Å². The van der Waals surface area contributed by atoms with Crippen molar-refractivity contribution in [3.8, 4) is 0 Å². The topological polar surface area (TPSA) is 22.9 Å². The molecule has 0 fully saturated rings. The number of furan rings is 1. The Balaban J connectivity index is 1.36. The van der Waals surface area contributed by atoms with Gasteiger partial charge in [0.2, 0.25) is 0 Å². The Labute approximate surface area is 435 Å². The van der Waals surface area contributed by atoms with Crippen molar-refractivity contribution in [3.05, 3.63) is 192 Å². The van der Waals surface area contributed by atoms with Gasteiger partial charge in [0, 0.05) is 56.1 Å². The van der Waals surface area contributed by atoms with Gasteiger partial charge in [-0.3, -0.25) is 0 Å². The first-order valence-corrected chi connectivity index (χ1v) is 26.5. The van der Waals surface area contributed by atoms with Gasteiger partial charge in [-0.2, -0.15) is 0 Å². The molecule has 0 amide bonds. The highest BCUT2D eigenvalue weighted by Crippen LogP contribution is 2.54. The van der Waals surface area contributed by atoms with Crippen LogP contribution in [0.25, 0.3) is 21.9 Å². The molecule has 0 spiro atoms. The summed E-state index contributed by atoms with van der Waals surface area (Å²) in [5.74, 6) is 0. The molecule has 2 aliphatic heterocycles. The molecule has 73 heavy (non-hydrogen) atoms. The van der Waals surface area contributed by atoms with Gasteiger partial charge in [0.1, 0.15) is 5.58 Å². The van der Waals surface area contributed by atoms with Crippen molar-refractivity contribution in [1.82, 2.24) is 0 Å². The summed E-state index contributed by atoms with van der Waals surface area (Å²) in [7, 11) is 0. The van der Waals surface area contributed by atoms with Crippen molar-refractivity contribution >= 4 is 96.2 Å². The fraction of sp³-hybridized carbons (Fsp3) is 0.294. The van der Waals surface area contributed by atoms with Crippen molar-refractivity contribution in [2.24, 2.45) is 0 Å². The van der Waals surface area contributed by atoms with Gasteiger partial charge in [-0.1, -0.05) is 225 Å². The highest BCUT2D eigenvalue weighted by molar-refractivity contribution is 7.00. The quantitative estimate of drug-likeness (QED) is 0.160. The van der Waals surface area contributed by atoms with E-state index in [1.807, 2.05) is 0 Å². The fourth-order valence-electron chi connectivity index (χ4n) is 12.1. The first-order valence-electron chi connectivity index (χ1n) is 26.5. The Bertz CT molecular complexity index is 3470. The molecule has 0 aliphatic carbocycles. The van der Waals surface area contributed by atoms with Crippen LogP contribution in [0.2, 0.25) is 0 Å². The van der Waals surface area contributed by atoms with Gasteiger partial charge in [-0.25, -0.2) is 0 Å². The molecule has 5 heteroatoms. The number of benzene rings is 8. The van der Waals surface area contributed by atoms with Gasteiger partial charge in [0.25, 0.3) is 6.71 Å². The number of nitrogens with zero attached hydrogens (tertiary/aromatic N) is 3. The molecule has 0 bridgehead atoms. The van der Waals surface area contributed by atoms with Gasteiger partial charge >= 0.3 is 0 Å². The van der Waals surface area contributed by atoms with Crippen LogP contribution >= 0.6 is 0 Å². The van der Waals surface area contributed by atoms with Crippen molar-refractivity contribution in [2.75, 3.05) is 14.7 Å². The van der Waals surface area contributed by atoms with Crippen LogP contribution in [0.3, 0.4) is 0 Å². The maximum atomic E-state index is 7.29. The van der Waals surface area contributed by atoms with Gasteiger partial charge in [0.05, 0.1) is 11.4 Å². The molecule has 368 valence electrons. The van der Waals surface area contributed by atoms with Crippen LogP contribution in [-0.4, -0.2) is 6.71 Å². The summed E-state index contributed by atoms with van der Waals surface area (Å²) in [5.41, 5.74) is 21.8. The zero-order chi connectivity index (χ0) is 51.7. The zero-order valence-electron chi connectivity index (χ0n) is 45.9. The standard InChI is InChI=1S/C68H72BN3O/c1-64(2,3)47-31-19-21-38-54(47)71-57-41-44(70(43-27-17-16-18-28-43)56-40-24-30-46-45-29-23-35-51(68(13,14)15)62(45)73-63(46)56)42-58-59(57)69(52-36-25-33-49(60(52)71)66(7,8)9)53-37-26-34-50(67(10,11)12)61(53)72(58)55-39-22-20-32-48(55)65(4,5)6/h16-42H,1-15H3.